The third-order valence-electron chi connectivity index (χ3n) is 7.12. The molecule has 35 heavy (non-hydrogen) atoms. The highest BCUT2D eigenvalue weighted by atomic mass is 16.5. The van der Waals surface area contributed by atoms with Gasteiger partial charge in [-0.15, -0.1) is 0 Å². The Balaban J connectivity index is 1.25. The molecule has 1 aliphatic rings. The standard InChI is InChI=1S/C30H39N3O2/c1-4-17-33-24(2)28(23-29(33)25-10-6-5-7-11-25)30(34)12-8-9-18-31-19-21-32(22-20-31)26-13-15-27(35-3)16-14-26/h5-7,10-11,13-16,23H,4,8-9,12,17-22H2,1-3H3. The summed E-state index contributed by atoms with van der Waals surface area (Å²) in [6.07, 6.45) is 3.68. The summed E-state index contributed by atoms with van der Waals surface area (Å²) in [7, 11) is 1.70. The van der Waals surface area contributed by atoms with E-state index in [0.29, 0.717) is 6.42 Å². The molecule has 1 fully saturated rings. The molecule has 1 aliphatic heterocycles. The number of hydrogen-bond acceptors (Lipinski definition) is 4. The van der Waals surface area contributed by atoms with Gasteiger partial charge < -0.3 is 14.2 Å². The van der Waals surface area contributed by atoms with Gasteiger partial charge in [0.05, 0.1) is 7.11 Å². The maximum absolute atomic E-state index is 13.1. The van der Waals surface area contributed by atoms with Gasteiger partial charge in [-0.05, 0) is 68.6 Å². The molecule has 0 aliphatic carbocycles. The molecule has 0 amide bonds. The van der Waals surface area contributed by atoms with Crippen LogP contribution in [0.5, 0.6) is 5.75 Å². The van der Waals surface area contributed by atoms with Gasteiger partial charge in [0.15, 0.2) is 5.78 Å². The van der Waals surface area contributed by atoms with Crippen LogP contribution in [0.3, 0.4) is 0 Å². The number of carbonyl (C=O) groups excluding carboxylic acids is 1. The van der Waals surface area contributed by atoms with Crippen LogP contribution in [0.4, 0.5) is 5.69 Å². The minimum Gasteiger partial charge on any atom is -0.497 e. The molecule has 0 atom stereocenters. The second kappa shape index (κ2) is 12.1. The molecule has 3 aromatic rings. The van der Waals surface area contributed by atoms with Crippen molar-refractivity contribution in [1.29, 1.82) is 0 Å². The van der Waals surface area contributed by atoms with Crippen LogP contribution in [0.25, 0.3) is 11.3 Å². The topological polar surface area (TPSA) is 37.7 Å². The minimum absolute atomic E-state index is 0.277. The number of ketones is 1. The summed E-state index contributed by atoms with van der Waals surface area (Å²) in [5.41, 5.74) is 5.59. The van der Waals surface area contributed by atoms with E-state index in [4.69, 9.17) is 4.74 Å². The average Bonchev–Trinajstić information content (AvgIpc) is 3.23. The fourth-order valence-corrected chi connectivity index (χ4v) is 5.07. The molecular weight excluding hydrogens is 434 g/mol. The maximum Gasteiger partial charge on any atom is 0.164 e. The van der Waals surface area contributed by atoms with E-state index in [1.165, 1.54) is 11.3 Å². The smallest absolute Gasteiger partial charge is 0.164 e. The van der Waals surface area contributed by atoms with Gasteiger partial charge in [0.1, 0.15) is 5.75 Å². The number of Topliss-reactive ketones (excluding diaryl/α,β-unsaturated/α-hetero) is 1. The third kappa shape index (κ3) is 6.15. The Kier molecular flexibility index (Phi) is 8.64. The zero-order valence-corrected chi connectivity index (χ0v) is 21.5. The lowest BCUT2D eigenvalue weighted by Crippen LogP contribution is -2.46. The van der Waals surface area contributed by atoms with Crippen LogP contribution in [-0.2, 0) is 6.54 Å². The Labute approximate surface area is 210 Å². The van der Waals surface area contributed by atoms with Gasteiger partial charge in [-0.1, -0.05) is 37.3 Å². The van der Waals surface area contributed by atoms with Crippen LogP contribution in [0, 0.1) is 6.92 Å². The van der Waals surface area contributed by atoms with Crippen molar-refractivity contribution in [2.45, 2.75) is 46.1 Å². The normalized spacial score (nSPS) is 14.3. The molecule has 5 heteroatoms. The highest BCUT2D eigenvalue weighted by Crippen LogP contribution is 2.27. The van der Waals surface area contributed by atoms with Crippen LogP contribution < -0.4 is 9.64 Å². The van der Waals surface area contributed by atoms with Crippen LogP contribution >= 0.6 is 0 Å². The first-order valence-electron chi connectivity index (χ1n) is 13.0. The van der Waals surface area contributed by atoms with Crippen LogP contribution in [0.1, 0.15) is 48.7 Å². The quantitative estimate of drug-likeness (QED) is 0.251. The van der Waals surface area contributed by atoms with Gasteiger partial charge in [-0.2, -0.15) is 0 Å². The molecule has 4 rings (SSSR count). The molecule has 2 aromatic carbocycles. The van der Waals surface area contributed by atoms with Gasteiger partial charge in [0.25, 0.3) is 0 Å². The van der Waals surface area contributed by atoms with Crippen molar-refractivity contribution in [3.63, 3.8) is 0 Å². The Morgan fingerprint density at radius 1 is 0.914 bits per heavy atom. The van der Waals surface area contributed by atoms with Crippen LogP contribution in [0.2, 0.25) is 0 Å². The zero-order chi connectivity index (χ0) is 24.6. The number of carbonyl (C=O) groups is 1. The number of nitrogens with zero attached hydrogens (tertiary/aromatic N) is 3. The summed E-state index contributed by atoms with van der Waals surface area (Å²) < 4.78 is 7.58. The van der Waals surface area contributed by atoms with Gasteiger partial charge in [-0.3, -0.25) is 9.69 Å². The predicted octanol–water partition coefficient (Wildman–Crippen LogP) is 6.06. The van der Waals surface area contributed by atoms with Gasteiger partial charge in [-0.25, -0.2) is 0 Å². The average molecular weight is 474 g/mol. The fourth-order valence-electron chi connectivity index (χ4n) is 5.07. The van der Waals surface area contributed by atoms with Gasteiger partial charge >= 0.3 is 0 Å². The monoisotopic (exact) mass is 473 g/mol. The summed E-state index contributed by atoms with van der Waals surface area (Å²) in [6.45, 7) is 10.5. The molecule has 1 aromatic heterocycles. The number of unbranched alkanes of at least 4 members (excludes halogenated alkanes) is 1. The van der Waals surface area contributed by atoms with E-state index >= 15 is 0 Å². The predicted molar refractivity (Wildman–Crippen MR) is 145 cm³/mol. The molecule has 0 bridgehead atoms. The van der Waals surface area contributed by atoms with Crippen molar-refractivity contribution in [1.82, 2.24) is 9.47 Å². The van der Waals surface area contributed by atoms with Crippen molar-refractivity contribution in [3.8, 4) is 17.0 Å². The highest BCUT2D eigenvalue weighted by Gasteiger charge is 2.19. The summed E-state index contributed by atoms with van der Waals surface area (Å²) in [6, 6.07) is 20.9. The van der Waals surface area contributed by atoms with Crippen molar-refractivity contribution in [2.75, 3.05) is 44.7 Å². The van der Waals surface area contributed by atoms with E-state index in [2.05, 4.69) is 70.7 Å². The third-order valence-corrected chi connectivity index (χ3v) is 7.12. The molecule has 5 nitrogen and oxygen atoms in total. The number of anilines is 1. The number of hydrogen-bond donors (Lipinski definition) is 0. The van der Waals surface area contributed by atoms with E-state index in [1.54, 1.807) is 7.11 Å². The Bertz CT molecular complexity index is 1080. The largest absolute Gasteiger partial charge is 0.497 e. The number of rotatable bonds is 11. The number of methoxy groups -OCH3 is 1. The lowest BCUT2D eigenvalue weighted by atomic mass is 10.0. The molecule has 2 heterocycles. The summed E-state index contributed by atoms with van der Waals surface area (Å²) in [4.78, 5) is 18.1. The molecule has 0 spiro atoms. The van der Waals surface area contributed by atoms with E-state index < -0.39 is 0 Å². The van der Waals surface area contributed by atoms with E-state index in [-0.39, 0.29) is 5.78 Å². The minimum atomic E-state index is 0.277. The zero-order valence-electron chi connectivity index (χ0n) is 21.5. The molecule has 186 valence electrons. The first kappa shape index (κ1) is 25.1. The van der Waals surface area contributed by atoms with Crippen molar-refractivity contribution >= 4 is 11.5 Å². The number of benzene rings is 2. The summed E-state index contributed by atoms with van der Waals surface area (Å²) in [5, 5.41) is 0. The van der Waals surface area contributed by atoms with Crippen molar-refractivity contribution < 1.29 is 9.53 Å². The first-order valence-corrected chi connectivity index (χ1v) is 13.0. The fraction of sp³-hybridized carbons (Fsp3) is 0.433. The first-order chi connectivity index (χ1) is 17.1. The number of ether oxygens (including phenoxy) is 1. The van der Waals surface area contributed by atoms with E-state index in [1.807, 2.05) is 18.2 Å². The molecular formula is C30H39N3O2. The van der Waals surface area contributed by atoms with Crippen LogP contribution in [-0.4, -0.2) is 55.1 Å². The van der Waals surface area contributed by atoms with E-state index in [0.717, 1.165) is 81.2 Å². The molecule has 0 unspecified atom stereocenters. The van der Waals surface area contributed by atoms with Crippen molar-refractivity contribution in [2.24, 2.45) is 0 Å². The van der Waals surface area contributed by atoms with Gasteiger partial charge in [0.2, 0.25) is 0 Å². The SMILES string of the molecule is CCCn1c(-c2ccccc2)cc(C(=O)CCCCN2CCN(c3ccc(OC)cc3)CC2)c1C. The Morgan fingerprint density at radius 2 is 1.63 bits per heavy atom. The molecule has 0 radical (unpaired) electrons. The summed E-state index contributed by atoms with van der Waals surface area (Å²) in [5.74, 6) is 1.18. The Hall–Kier alpha value is -3.05. The molecule has 1 saturated heterocycles. The molecule has 0 N–H and O–H groups in total. The number of piperazine rings is 1. The van der Waals surface area contributed by atoms with Gasteiger partial charge in [0, 0.05) is 61.8 Å². The second-order valence-electron chi connectivity index (χ2n) is 9.45. The lowest BCUT2D eigenvalue weighted by Gasteiger charge is -2.36. The maximum atomic E-state index is 13.1. The lowest BCUT2D eigenvalue weighted by molar-refractivity contribution is 0.0977. The van der Waals surface area contributed by atoms with E-state index in [9.17, 15) is 4.79 Å². The second-order valence-corrected chi connectivity index (χ2v) is 9.45. The van der Waals surface area contributed by atoms with Crippen molar-refractivity contribution in [3.05, 3.63) is 71.9 Å². The van der Waals surface area contributed by atoms with Crippen LogP contribution in [0.15, 0.2) is 60.7 Å². The number of aromatic nitrogens is 1. The Morgan fingerprint density at radius 3 is 2.29 bits per heavy atom. The molecule has 0 saturated carbocycles. The highest BCUT2D eigenvalue weighted by molar-refractivity contribution is 5.98. The summed E-state index contributed by atoms with van der Waals surface area (Å²) >= 11 is 0.